The van der Waals surface area contributed by atoms with Crippen LogP contribution in [0.5, 0.6) is 0 Å². The molecule has 0 aromatic heterocycles. The van der Waals surface area contributed by atoms with Gasteiger partial charge in [0.1, 0.15) is 12.6 Å². The number of hydrogen-bond donors (Lipinski definition) is 1. The van der Waals surface area contributed by atoms with Crippen molar-refractivity contribution in [3.63, 3.8) is 0 Å². The van der Waals surface area contributed by atoms with Gasteiger partial charge >= 0.3 is 0 Å². The van der Waals surface area contributed by atoms with Gasteiger partial charge in [0.15, 0.2) is 0 Å². The molecule has 3 aromatic carbocycles. The molecule has 1 atom stereocenters. The third-order valence-corrected chi connectivity index (χ3v) is 9.96. The number of rotatable bonds is 10. The van der Waals surface area contributed by atoms with Crippen LogP contribution >= 0.6 is 23.2 Å². The zero-order chi connectivity index (χ0) is 30.4. The normalized spacial score (nSPS) is 14.7. The Hall–Kier alpha value is -3.07. The first-order valence-corrected chi connectivity index (χ1v) is 16.3. The standard InChI is InChI=1S/C32H37Cl2N3O4S/c1-22-9-16-29(17-10-22)42(40,41)37(30-18-15-27(34)19-23(30)2)21-31(38)36(20-25-11-13-26(33)14-12-25)24(3)32(39)35-28-7-5-4-6-8-28/h9-19,24,28H,4-8,20-21H2,1-3H3,(H,35,39)/t24-/m0/s1. The van der Waals surface area contributed by atoms with Gasteiger partial charge in [0.2, 0.25) is 11.8 Å². The van der Waals surface area contributed by atoms with Crippen molar-refractivity contribution in [2.75, 3.05) is 10.8 Å². The Bertz CT molecular complexity index is 1510. The van der Waals surface area contributed by atoms with E-state index < -0.39 is 28.5 Å². The summed E-state index contributed by atoms with van der Waals surface area (Å²) in [6.45, 7) is 4.89. The first kappa shape index (κ1) is 31.9. The Kier molecular flexibility index (Phi) is 10.6. The molecule has 0 bridgehead atoms. The highest BCUT2D eigenvalue weighted by atomic mass is 35.5. The van der Waals surface area contributed by atoms with Crippen LogP contribution in [0, 0.1) is 13.8 Å². The smallest absolute Gasteiger partial charge is 0.264 e. The molecule has 224 valence electrons. The summed E-state index contributed by atoms with van der Waals surface area (Å²) in [7, 11) is -4.16. The number of aryl methyl sites for hydroxylation is 2. The number of carbonyl (C=O) groups excluding carboxylic acids is 2. The SMILES string of the molecule is Cc1ccc(S(=O)(=O)N(CC(=O)N(Cc2ccc(Cl)cc2)[C@@H](C)C(=O)NC2CCCCC2)c2ccc(Cl)cc2C)cc1. The van der Waals surface area contributed by atoms with Crippen molar-refractivity contribution >= 4 is 50.7 Å². The lowest BCUT2D eigenvalue weighted by Gasteiger charge is -2.33. The number of nitrogens with zero attached hydrogens (tertiary/aromatic N) is 2. The summed E-state index contributed by atoms with van der Waals surface area (Å²) in [4.78, 5) is 29.1. The van der Waals surface area contributed by atoms with E-state index >= 15 is 0 Å². The highest BCUT2D eigenvalue weighted by Gasteiger charge is 2.33. The summed E-state index contributed by atoms with van der Waals surface area (Å²) in [6.07, 6.45) is 5.07. The van der Waals surface area contributed by atoms with Crippen molar-refractivity contribution in [1.82, 2.24) is 10.2 Å². The van der Waals surface area contributed by atoms with Gasteiger partial charge in [-0.2, -0.15) is 0 Å². The van der Waals surface area contributed by atoms with Crippen molar-refractivity contribution in [1.29, 1.82) is 0 Å². The van der Waals surface area contributed by atoms with Gasteiger partial charge in [0.25, 0.3) is 10.0 Å². The molecule has 0 unspecified atom stereocenters. The van der Waals surface area contributed by atoms with E-state index in [2.05, 4.69) is 5.32 Å². The van der Waals surface area contributed by atoms with Crippen LogP contribution in [0.25, 0.3) is 0 Å². The van der Waals surface area contributed by atoms with Crippen LogP contribution in [0.2, 0.25) is 10.0 Å². The van der Waals surface area contributed by atoms with Crippen molar-refractivity contribution in [3.05, 3.63) is 93.5 Å². The van der Waals surface area contributed by atoms with Gasteiger partial charge in [-0.15, -0.1) is 0 Å². The summed E-state index contributed by atoms with van der Waals surface area (Å²) >= 11 is 12.3. The Balaban J connectivity index is 1.69. The van der Waals surface area contributed by atoms with Gasteiger partial charge in [-0.05, 0) is 87.2 Å². The van der Waals surface area contributed by atoms with Gasteiger partial charge in [-0.25, -0.2) is 8.42 Å². The van der Waals surface area contributed by atoms with Gasteiger partial charge in [0, 0.05) is 22.6 Å². The monoisotopic (exact) mass is 629 g/mol. The second kappa shape index (κ2) is 13.9. The third kappa shape index (κ3) is 7.85. The maximum atomic E-state index is 14.1. The van der Waals surface area contributed by atoms with Crippen LogP contribution in [-0.2, 0) is 26.2 Å². The predicted octanol–water partition coefficient (Wildman–Crippen LogP) is 6.67. The summed E-state index contributed by atoms with van der Waals surface area (Å²) in [5.74, 6) is -0.777. The first-order valence-electron chi connectivity index (χ1n) is 14.2. The van der Waals surface area contributed by atoms with Crippen molar-refractivity contribution in [2.24, 2.45) is 0 Å². The minimum atomic E-state index is -4.16. The molecule has 3 aromatic rings. The number of sulfonamides is 1. The molecule has 1 N–H and O–H groups in total. The highest BCUT2D eigenvalue weighted by Crippen LogP contribution is 2.30. The third-order valence-electron chi connectivity index (χ3n) is 7.70. The van der Waals surface area contributed by atoms with Crippen LogP contribution < -0.4 is 9.62 Å². The second-order valence-electron chi connectivity index (χ2n) is 10.9. The summed E-state index contributed by atoms with van der Waals surface area (Å²) in [6, 6.07) is 17.6. The van der Waals surface area contributed by atoms with E-state index in [0.717, 1.165) is 47.5 Å². The molecule has 1 aliphatic rings. The molecule has 0 heterocycles. The molecule has 1 aliphatic carbocycles. The van der Waals surface area contributed by atoms with E-state index in [4.69, 9.17) is 23.2 Å². The van der Waals surface area contributed by atoms with E-state index in [1.54, 1.807) is 68.4 Å². The summed E-state index contributed by atoms with van der Waals surface area (Å²) in [5, 5.41) is 4.11. The minimum absolute atomic E-state index is 0.0580. The van der Waals surface area contributed by atoms with E-state index in [1.807, 2.05) is 6.92 Å². The van der Waals surface area contributed by atoms with Gasteiger partial charge < -0.3 is 10.2 Å². The van der Waals surface area contributed by atoms with E-state index in [-0.39, 0.29) is 23.4 Å². The number of nitrogens with one attached hydrogen (secondary N) is 1. The number of anilines is 1. The average molecular weight is 631 g/mol. The quantitative estimate of drug-likeness (QED) is 0.271. The molecule has 0 aliphatic heterocycles. The lowest BCUT2D eigenvalue weighted by molar-refractivity contribution is -0.139. The highest BCUT2D eigenvalue weighted by molar-refractivity contribution is 7.92. The second-order valence-corrected chi connectivity index (χ2v) is 13.7. The number of benzene rings is 3. The molecule has 10 heteroatoms. The lowest BCUT2D eigenvalue weighted by Crippen LogP contribution is -2.53. The van der Waals surface area contributed by atoms with Crippen molar-refractivity contribution < 1.29 is 18.0 Å². The van der Waals surface area contributed by atoms with E-state index in [0.29, 0.717) is 21.3 Å². The molecule has 7 nitrogen and oxygen atoms in total. The fraction of sp³-hybridized carbons (Fsp3) is 0.375. The zero-order valence-electron chi connectivity index (χ0n) is 24.1. The van der Waals surface area contributed by atoms with Crippen LogP contribution in [0.3, 0.4) is 0 Å². The molecule has 4 rings (SSSR count). The average Bonchev–Trinajstić information content (AvgIpc) is 2.96. The van der Waals surface area contributed by atoms with Gasteiger partial charge in [-0.3, -0.25) is 13.9 Å². The van der Waals surface area contributed by atoms with E-state index in [1.165, 1.54) is 17.0 Å². The van der Waals surface area contributed by atoms with Crippen LogP contribution in [0.4, 0.5) is 5.69 Å². The maximum Gasteiger partial charge on any atom is 0.264 e. The summed E-state index contributed by atoms with van der Waals surface area (Å²) in [5.41, 5.74) is 2.60. The van der Waals surface area contributed by atoms with Crippen molar-refractivity contribution in [2.45, 2.75) is 76.4 Å². The Labute approximate surface area is 258 Å². The van der Waals surface area contributed by atoms with Crippen LogP contribution in [0.15, 0.2) is 71.6 Å². The molecule has 42 heavy (non-hydrogen) atoms. The van der Waals surface area contributed by atoms with Gasteiger partial charge in [-0.1, -0.05) is 72.3 Å². The number of amides is 2. The van der Waals surface area contributed by atoms with E-state index in [9.17, 15) is 18.0 Å². The number of carbonyl (C=O) groups is 2. The molecule has 0 spiro atoms. The molecule has 0 saturated heterocycles. The lowest BCUT2D eigenvalue weighted by atomic mass is 9.95. The van der Waals surface area contributed by atoms with Crippen LogP contribution in [0.1, 0.15) is 55.7 Å². The largest absolute Gasteiger partial charge is 0.352 e. The van der Waals surface area contributed by atoms with Gasteiger partial charge in [0.05, 0.1) is 10.6 Å². The summed E-state index contributed by atoms with van der Waals surface area (Å²) < 4.78 is 29.2. The maximum absolute atomic E-state index is 14.1. The molecule has 0 radical (unpaired) electrons. The molecule has 2 amide bonds. The fourth-order valence-electron chi connectivity index (χ4n) is 5.19. The fourth-order valence-corrected chi connectivity index (χ4v) is 7.02. The first-order chi connectivity index (χ1) is 20.0. The number of hydrogen-bond acceptors (Lipinski definition) is 4. The zero-order valence-corrected chi connectivity index (χ0v) is 26.5. The molecular weight excluding hydrogens is 593 g/mol. The molecular formula is C32H37Cl2N3O4S. The number of halogens is 2. The Morgan fingerprint density at radius 3 is 2.14 bits per heavy atom. The van der Waals surface area contributed by atoms with Crippen molar-refractivity contribution in [3.8, 4) is 0 Å². The topological polar surface area (TPSA) is 86.8 Å². The predicted molar refractivity (Wildman–Crippen MR) is 168 cm³/mol. The molecule has 1 saturated carbocycles. The minimum Gasteiger partial charge on any atom is -0.352 e. The Morgan fingerprint density at radius 2 is 1.52 bits per heavy atom. The molecule has 1 fully saturated rings. The van der Waals surface area contributed by atoms with Crippen LogP contribution in [-0.4, -0.2) is 43.8 Å². The Morgan fingerprint density at radius 1 is 0.905 bits per heavy atom.